The fourth-order valence-corrected chi connectivity index (χ4v) is 2.51. The Morgan fingerprint density at radius 1 is 1.00 bits per heavy atom. The zero-order chi connectivity index (χ0) is 13.0. The minimum Gasteiger partial charge on any atom is -0.447 e. The molecule has 0 bridgehead atoms. The van der Waals surface area contributed by atoms with Crippen LogP contribution in [0.4, 0.5) is 5.69 Å². The number of rotatable bonds is 0. The van der Waals surface area contributed by atoms with Crippen molar-refractivity contribution < 1.29 is 14.6 Å². The Balaban J connectivity index is 2.03. The van der Waals surface area contributed by atoms with Gasteiger partial charge in [-0.25, -0.2) is 4.99 Å². The second-order valence-electron chi connectivity index (χ2n) is 4.55. The van der Waals surface area contributed by atoms with E-state index in [0.29, 0.717) is 22.6 Å². The number of para-hydroxylation sites is 2. The van der Waals surface area contributed by atoms with E-state index in [1.54, 1.807) is 42.5 Å². The minimum atomic E-state index is -1.99. The Morgan fingerprint density at radius 2 is 1.68 bits per heavy atom. The summed E-state index contributed by atoms with van der Waals surface area (Å²) in [5.41, 5.74) is 1.96. The molecule has 1 atom stereocenters. The fourth-order valence-electron chi connectivity index (χ4n) is 2.51. The molecule has 4 nitrogen and oxygen atoms in total. The summed E-state index contributed by atoms with van der Waals surface area (Å²) in [6, 6.07) is 14.1. The first kappa shape index (κ1) is 10.5. The number of carbonyl (C=O) groups excluding carboxylic acids is 1. The maximum Gasteiger partial charge on any atom is 0.318 e. The van der Waals surface area contributed by atoms with E-state index in [0.717, 1.165) is 0 Å². The predicted octanol–water partition coefficient (Wildman–Crippen LogP) is 2.08. The van der Waals surface area contributed by atoms with Gasteiger partial charge in [0.05, 0.1) is 0 Å². The first-order chi connectivity index (χ1) is 9.20. The van der Waals surface area contributed by atoms with Crippen LogP contribution < -0.4 is 4.74 Å². The van der Waals surface area contributed by atoms with E-state index in [-0.39, 0.29) is 5.71 Å². The van der Waals surface area contributed by atoms with Crippen LogP contribution in [0.1, 0.15) is 15.9 Å². The van der Waals surface area contributed by atoms with Crippen molar-refractivity contribution in [3.8, 4) is 5.75 Å². The van der Waals surface area contributed by atoms with Crippen LogP contribution in [0.15, 0.2) is 53.5 Å². The first-order valence-corrected chi connectivity index (χ1v) is 5.94. The fraction of sp³-hybridized carbons (Fsp3) is 0.0667. The third kappa shape index (κ3) is 1.21. The van der Waals surface area contributed by atoms with Crippen molar-refractivity contribution in [3.05, 3.63) is 59.7 Å². The van der Waals surface area contributed by atoms with Gasteiger partial charge < -0.3 is 9.84 Å². The number of hydrogen-bond acceptors (Lipinski definition) is 4. The molecule has 1 aliphatic carbocycles. The van der Waals surface area contributed by atoms with Gasteiger partial charge in [-0.1, -0.05) is 36.4 Å². The minimum absolute atomic E-state index is 0.270. The van der Waals surface area contributed by atoms with Crippen LogP contribution in [0.3, 0.4) is 0 Å². The summed E-state index contributed by atoms with van der Waals surface area (Å²) in [4.78, 5) is 16.7. The highest BCUT2D eigenvalue weighted by Crippen LogP contribution is 2.41. The van der Waals surface area contributed by atoms with Crippen molar-refractivity contribution in [3.63, 3.8) is 0 Å². The number of Topliss-reactive ketones (excluding diaryl/α,β-unsaturated/α-hetero) is 1. The summed E-state index contributed by atoms with van der Waals surface area (Å²) in [7, 11) is 0. The van der Waals surface area contributed by atoms with E-state index in [1.165, 1.54) is 0 Å². The van der Waals surface area contributed by atoms with Crippen LogP contribution in [0.5, 0.6) is 5.75 Å². The lowest BCUT2D eigenvalue weighted by atomic mass is 10.1. The van der Waals surface area contributed by atoms with Crippen LogP contribution >= 0.6 is 0 Å². The topological polar surface area (TPSA) is 58.9 Å². The molecule has 0 spiro atoms. The lowest BCUT2D eigenvalue weighted by molar-refractivity contribution is -0.0458. The molecule has 0 saturated carbocycles. The number of aliphatic imine (C=N–C) groups is 1. The normalized spacial score (nSPS) is 23.0. The number of ketones is 1. The van der Waals surface area contributed by atoms with Crippen molar-refractivity contribution >= 4 is 17.2 Å². The molecule has 4 rings (SSSR count). The van der Waals surface area contributed by atoms with E-state index >= 15 is 0 Å². The van der Waals surface area contributed by atoms with E-state index < -0.39 is 11.6 Å². The van der Waals surface area contributed by atoms with Crippen LogP contribution in [0.2, 0.25) is 0 Å². The highest BCUT2D eigenvalue weighted by molar-refractivity contribution is 6.33. The molecule has 19 heavy (non-hydrogen) atoms. The first-order valence-electron chi connectivity index (χ1n) is 5.94. The average Bonchev–Trinajstić information content (AvgIpc) is 2.66. The van der Waals surface area contributed by atoms with Crippen molar-refractivity contribution in [1.82, 2.24) is 0 Å². The molecule has 92 valence electrons. The standard InChI is InChI=1S/C15H9NO3/c17-14-10-6-2-1-5-9(10)13-15(14,18)19-12-8-4-3-7-11(12)16-13/h1-8,18H. The molecule has 0 radical (unpaired) electrons. The number of hydrogen-bond donors (Lipinski definition) is 1. The third-order valence-corrected chi connectivity index (χ3v) is 3.41. The van der Waals surface area contributed by atoms with Gasteiger partial charge in [-0.15, -0.1) is 0 Å². The molecule has 1 N–H and O–H groups in total. The number of benzene rings is 2. The van der Waals surface area contributed by atoms with Gasteiger partial charge in [0.1, 0.15) is 17.1 Å². The number of ether oxygens (including phenoxy) is 1. The smallest absolute Gasteiger partial charge is 0.318 e. The van der Waals surface area contributed by atoms with Crippen LogP contribution in [0, 0.1) is 0 Å². The molecule has 4 heteroatoms. The lowest BCUT2D eigenvalue weighted by Crippen LogP contribution is -2.48. The summed E-state index contributed by atoms with van der Waals surface area (Å²) in [6.45, 7) is 0. The second kappa shape index (κ2) is 3.30. The molecule has 0 amide bonds. The zero-order valence-electron chi connectivity index (χ0n) is 9.83. The third-order valence-electron chi connectivity index (χ3n) is 3.41. The van der Waals surface area contributed by atoms with E-state index in [4.69, 9.17) is 4.74 Å². The number of fused-ring (bicyclic) bond motifs is 4. The largest absolute Gasteiger partial charge is 0.447 e. The summed E-state index contributed by atoms with van der Waals surface area (Å²) < 4.78 is 5.51. The van der Waals surface area contributed by atoms with Gasteiger partial charge in [0.25, 0.3) is 0 Å². The Hall–Kier alpha value is -2.46. The van der Waals surface area contributed by atoms with Crippen molar-refractivity contribution in [2.45, 2.75) is 5.79 Å². The van der Waals surface area contributed by atoms with Crippen molar-refractivity contribution in [2.75, 3.05) is 0 Å². The SMILES string of the molecule is O=C1c2ccccc2C2=Nc3ccccc3OC12O. The second-order valence-corrected chi connectivity index (χ2v) is 4.55. The Morgan fingerprint density at radius 3 is 2.53 bits per heavy atom. The van der Waals surface area contributed by atoms with Gasteiger partial charge >= 0.3 is 5.79 Å². The molecule has 1 aliphatic heterocycles. The maximum absolute atomic E-state index is 12.3. The Labute approximate surface area is 109 Å². The molecule has 1 unspecified atom stereocenters. The van der Waals surface area contributed by atoms with Crippen molar-refractivity contribution in [1.29, 1.82) is 0 Å². The van der Waals surface area contributed by atoms with E-state index in [2.05, 4.69) is 4.99 Å². The van der Waals surface area contributed by atoms with Crippen molar-refractivity contribution in [2.24, 2.45) is 4.99 Å². The monoisotopic (exact) mass is 251 g/mol. The molecule has 0 saturated heterocycles. The molecule has 0 fully saturated rings. The van der Waals surface area contributed by atoms with Gasteiger partial charge in [0, 0.05) is 11.1 Å². The average molecular weight is 251 g/mol. The van der Waals surface area contributed by atoms with Gasteiger partial charge in [-0.3, -0.25) is 4.79 Å². The molecule has 2 aromatic carbocycles. The molecule has 2 aliphatic rings. The summed E-state index contributed by atoms with van der Waals surface area (Å²) in [6.07, 6.45) is 0. The van der Waals surface area contributed by atoms with Gasteiger partial charge in [0.2, 0.25) is 5.78 Å². The van der Waals surface area contributed by atoms with Crippen LogP contribution in [-0.4, -0.2) is 22.4 Å². The lowest BCUT2D eigenvalue weighted by Gasteiger charge is -2.27. The summed E-state index contributed by atoms with van der Waals surface area (Å²) in [5.74, 6) is -2.04. The molecular weight excluding hydrogens is 242 g/mol. The number of aliphatic hydroxyl groups is 1. The molecule has 2 aromatic rings. The molecule has 1 heterocycles. The predicted molar refractivity (Wildman–Crippen MR) is 69.0 cm³/mol. The Kier molecular flexibility index (Phi) is 1.82. The Bertz CT molecular complexity index is 751. The summed E-state index contributed by atoms with van der Waals surface area (Å²) in [5, 5.41) is 10.5. The van der Waals surface area contributed by atoms with E-state index in [1.807, 2.05) is 6.07 Å². The number of nitrogens with zero attached hydrogens (tertiary/aromatic N) is 1. The van der Waals surface area contributed by atoms with Crippen LogP contribution in [-0.2, 0) is 0 Å². The van der Waals surface area contributed by atoms with Gasteiger partial charge in [0.15, 0.2) is 0 Å². The highest BCUT2D eigenvalue weighted by atomic mass is 16.6. The van der Waals surface area contributed by atoms with Crippen LogP contribution in [0.25, 0.3) is 0 Å². The molecule has 0 aromatic heterocycles. The maximum atomic E-state index is 12.3. The highest BCUT2D eigenvalue weighted by Gasteiger charge is 2.54. The zero-order valence-corrected chi connectivity index (χ0v) is 9.83. The van der Waals surface area contributed by atoms with E-state index in [9.17, 15) is 9.90 Å². The van der Waals surface area contributed by atoms with Gasteiger partial charge in [-0.05, 0) is 12.1 Å². The summed E-state index contributed by atoms with van der Waals surface area (Å²) >= 11 is 0. The van der Waals surface area contributed by atoms with Gasteiger partial charge in [-0.2, -0.15) is 0 Å². The quantitative estimate of drug-likeness (QED) is 0.779. The number of carbonyl (C=O) groups is 1. The molecular formula is C15H9NO3.